The first-order valence-corrected chi connectivity index (χ1v) is 16.9. The number of amides is 3. The fourth-order valence-corrected chi connectivity index (χ4v) is 6.59. The molecule has 12 heteroatoms. The number of nitrogens with zero attached hydrogens (tertiary/aromatic N) is 1. The van der Waals surface area contributed by atoms with Gasteiger partial charge in [-0.05, 0) is 85.4 Å². The molecular weight excluding hydrogens is 634 g/mol. The normalized spacial score (nSPS) is 17.2. The Kier molecular flexibility index (Phi) is 12.3. The number of thioether (sulfide) groups is 1. The molecule has 0 unspecified atom stereocenters. The van der Waals surface area contributed by atoms with E-state index in [9.17, 15) is 29.1 Å². The number of para-hydroxylation sites is 1. The lowest BCUT2D eigenvalue weighted by Crippen LogP contribution is -2.61. The molecule has 2 aromatic rings. The van der Waals surface area contributed by atoms with Crippen molar-refractivity contribution in [2.45, 2.75) is 104 Å². The molecule has 3 N–H and O–H groups in total. The highest BCUT2D eigenvalue weighted by Gasteiger charge is 2.51. The van der Waals surface area contributed by atoms with Crippen LogP contribution in [0.25, 0.3) is 0 Å². The number of carbonyl (C=O) groups is 5. The Hall–Kier alpha value is -4.06. The van der Waals surface area contributed by atoms with Gasteiger partial charge in [-0.1, -0.05) is 48.5 Å². The summed E-state index contributed by atoms with van der Waals surface area (Å²) in [6, 6.07) is 12.7. The topological polar surface area (TPSA) is 151 Å². The van der Waals surface area contributed by atoms with Gasteiger partial charge >= 0.3 is 11.9 Å². The van der Waals surface area contributed by atoms with Gasteiger partial charge in [-0.3, -0.25) is 24.0 Å². The minimum absolute atomic E-state index is 0.0885. The zero-order chi connectivity index (χ0) is 36.0. The fraction of sp³-hybridized carbons (Fsp3) is 0.528. The van der Waals surface area contributed by atoms with Crippen LogP contribution in [0.2, 0.25) is 0 Å². The van der Waals surface area contributed by atoms with E-state index in [2.05, 4.69) is 10.6 Å². The van der Waals surface area contributed by atoms with E-state index in [1.807, 2.05) is 97.0 Å². The van der Waals surface area contributed by atoms with Crippen LogP contribution in [0.4, 0.5) is 0 Å². The molecule has 0 aromatic heterocycles. The number of aryl methyl sites for hydroxylation is 2. The molecule has 3 atom stereocenters. The van der Waals surface area contributed by atoms with Crippen molar-refractivity contribution >= 4 is 41.4 Å². The number of rotatable bonds is 13. The number of nitrogens with one attached hydrogen (secondary N) is 2. The molecule has 262 valence electrons. The number of carboxylic acid groups (broad SMARTS) is 1. The summed E-state index contributed by atoms with van der Waals surface area (Å²) in [5, 5.41) is 15.5. The fourth-order valence-electron chi connectivity index (χ4n) is 5.45. The largest absolute Gasteiger partial charge is 0.483 e. The van der Waals surface area contributed by atoms with Crippen molar-refractivity contribution in [1.82, 2.24) is 15.5 Å². The summed E-state index contributed by atoms with van der Waals surface area (Å²) in [5.74, 6) is -3.06. The maximum Gasteiger partial charge on any atom is 0.309 e. The summed E-state index contributed by atoms with van der Waals surface area (Å²) in [4.78, 5) is 68.3. The van der Waals surface area contributed by atoms with E-state index in [0.29, 0.717) is 5.75 Å². The van der Waals surface area contributed by atoms with Gasteiger partial charge in [0.25, 0.3) is 11.8 Å². The maximum absolute atomic E-state index is 14.6. The highest BCUT2D eigenvalue weighted by atomic mass is 32.2. The average molecular weight is 684 g/mol. The third-order valence-electron chi connectivity index (χ3n) is 8.01. The number of benzene rings is 2. The second kappa shape index (κ2) is 15.4. The molecule has 1 fully saturated rings. The van der Waals surface area contributed by atoms with Crippen LogP contribution in [0.5, 0.6) is 5.75 Å². The Balaban J connectivity index is 2.03. The molecule has 0 aliphatic carbocycles. The first-order valence-electron chi connectivity index (χ1n) is 15.9. The van der Waals surface area contributed by atoms with Gasteiger partial charge in [-0.25, -0.2) is 0 Å². The molecule has 3 rings (SSSR count). The summed E-state index contributed by atoms with van der Waals surface area (Å²) >= 11 is 1.41. The van der Waals surface area contributed by atoms with E-state index in [1.54, 1.807) is 0 Å². The van der Waals surface area contributed by atoms with E-state index >= 15 is 0 Å². The van der Waals surface area contributed by atoms with Gasteiger partial charge < -0.3 is 30.1 Å². The third kappa shape index (κ3) is 10.2. The molecule has 1 aliphatic heterocycles. The van der Waals surface area contributed by atoms with Crippen LogP contribution in [0, 0.1) is 19.3 Å². The summed E-state index contributed by atoms with van der Waals surface area (Å²) in [5.41, 5.74) is 0.378. The van der Waals surface area contributed by atoms with E-state index in [4.69, 9.17) is 9.47 Å². The van der Waals surface area contributed by atoms with Crippen LogP contribution in [0.1, 0.15) is 71.6 Å². The predicted molar refractivity (Wildman–Crippen MR) is 184 cm³/mol. The SMILES string of the molecule is Cc1cccc(C)c1OCC(=O)N[C@@H](Cc1ccccc1)[C@H](OC(=O)CC(C)(C)C(=O)O)C(=O)N1CSC(C)(C)[C@H]1C(=O)NC(C)(C)C. The molecule has 0 spiro atoms. The van der Waals surface area contributed by atoms with Crippen molar-refractivity contribution in [3.05, 3.63) is 65.2 Å². The smallest absolute Gasteiger partial charge is 0.309 e. The molecule has 1 saturated heterocycles. The Bertz CT molecular complexity index is 1480. The molecule has 11 nitrogen and oxygen atoms in total. The van der Waals surface area contributed by atoms with E-state index in [1.165, 1.54) is 30.5 Å². The maximum atomic E-state index is 14.6. The monoisotopic (exact) mass is 683 g/mol. The minimum atomic E-state index is -1.59. The lowest BCUT2D eigenvalue weighted by atomic mass is 9.89. The highest BCUT2D eigenvalue weighted by molar-refractivity contribution is 8.00. The lowest BCUT2D eigenvalue weighted by Gasteiger charge is -2.36. The van der Waals surface area contributed by atoms with Crippen LogP contribution in [0.15, 0.2) is 48.5 Å². The molecule has 2 aromatic carbocycles. The Morgan fingerprint density at radius 2 is 1.58 bits per heavy atom. The average Bonchev–Trinajstić information content (AvgIpc) is 3.29. The van der Waals surface area contributed by atoms with Crippen molar-refractivity contribution in [3.63, 3.8) is 0 Å². The molecule has 1 heterocycles. The Morgan fingerprint density at radius 3 is 2.15 bits per heavy atom. The van der Waals surface area contributed by atoms with Gasteiger partial charge in [0.05, 0.1) is 23.8 Å². The highest BCUT2D eigenvalue weighted by Crippen LogP contribution is 2.40. The molecule has 48 heavy (non-hydrogen) atoms. The first kappa shape index (κ1) is 38.4. The van der Waals surface area contributed by atoms with Crippen molar-refractivity contribution < 1.29 is 38.6 Å². The number of esters is 1. The van der Waals surface area contributed by atoms with Crippen molar-refractivity contribution in [1.29, 1.82) is 0 Å². The number of hydrogen-bond acceptors (Lipinski definition) is 8. The van der Waals surface area contributed by atoms with Gasteiger partial charge in [-0.2, -0.15) is 0 Å². The third-order valence-corrected chi connectivity index (χ3v) is 9.38. The van der Waals surface area contributed by atoms with Gasteiger partial charge in [0.15, 0.2) is 6.61 Å². The Morgan fingerprint density at radius 1 is 0.979 bits per heavy atom. The molecule has 1 aliphatic rings. The van der Waals surface area contributed by atoms with Crippen molar-refractivity contribution in [3.8, 4) is 5.75 Å². The second-order valence-electron chi connectivity index (χ2n) is 14.5. The quantitative estimate of drug-likeness (QED) is 0.261. The number of carboxylic acids is 1. The van der Waals surface area contributed by atoms with Gasteiger partial charge in [0.1, 0.15) is 11.8 Å². The lowest BCUT2D eigenvalue weighted by molar-refractivity contribution is -0.168. The van der Waals surface area contributed by atoms with Crippen molar-refractivity contribution in [2.24, 2.45) is 5.41 Å². The van der Waals surface area contributed by atoms with Crippen LogP contribution in [-0.4, -0.2) is 80.6 Å². The Labute approximate surface area is 287 Å². The zero-order valence-electron chi connectivity index (χ0n) is 29.3. The molecule has 3 amide bonds. The number of ether oxygens (including phenoxy) is 2. The molecule has 0 bridgehead atoms. The molecular formula is C36H49N3O8S. The molecule has 0 saturated carbocycles. The predicted octanol–water partition coefficient (Wildman–Crippen LogP) is 4.42. The van der Waals surface area contributed by atoms with Gasteiger partial charge in [0, 0.05) is 10.3 Å². The summed E-state index contributed by atoms with van der Waals surface area (Å²) < 4.78 is 11.0. The van der Waals surface area contributed by atoms with Crippen LogP contribution >= 0.6 is 11.8 Å². The number of aliphatic carboxylic acids is 1. The van der Waals surface area contributed by atoms with E-state index in [0.717, 1.165) is 16.7 Å². The minimum Gasteiger partial charge on any atom is -0.483 e. The van der Waals surface area contributed by atoms with Crippen LogP contribution in [0.3, 0.4) is 0 Å². The first-order chi connectivity index (χ1) is 22.2. The van der Waals surface area contributed by atoms with E-state index in [-0.39, 0.29) is 24.8 Å². The van der Waals surface area contributed by atoms with Gasteiger partial charge in [0.2, 0.25) is 12.0 Å². The standard InChI is InChI=1S/C36H49N3O8S/c1-22-14-13-15-23(2)28(22)46-20-26(40)37-25(18-24-16-11-10-12-17-24)29(47-27(41)19-35(6,7)33(44)45)32(43)39-21-48-36(8,9)30(39)31(42)38-34(3,4)5/h10-17,25,29-30H,18-21H2,1-9H3,(H,37,40)(H,38,42)(H,44,45)/t25-,29-,30+/m0/s1. The zero-order valence-corrected chi connectivity index (χ0v) is 30.2. The van der Waals surface area contributed by atoms with Gasteiger partial charge in [-0.15, -0.1) is 11.8 Å². The van der Waals surface area contributed by atoms with E-state index < -0.39 is 64.1 Å². The van der Waals surface area contributed by atoms with Crippen LogP contribution in [-0.2, 0) is 35.1 Å². The second-order valence-corrected chi connectivity index (χ2v) is 16.1. The number of hydrogen-bond donors (Lipinski definition) is 3. The summed E-state index contributed by atoms with van der Waals surface area (Å²) in [6.45, 7) is 15.4. The summed E-state index contributed by atoms with van der Waals surface area (Å²) in [7, 11) is 0. The molecule has 0 radical (unpaired) electrons. The number of carbonyl (C=O) groups excluding carboxylic acids is 4. The summed E-state index contributed by atoms with van der Waals surface area (Å²) in [6.07, 6.45) is -2.03. The van der Waals surface area contributed by atoms with Crippen molar-refractivity contribution in [2.75, 3.05) is 12.5 Å². The van der Waals surface area contributed by atoms with Crippen LogP contribution < -0.4 is 15.4 Å².